The van der Waals surface area contributed by atoms with Gasteiger partial charge in [-0.3, -0.25) is 14.8 Å². The predicted molar refractivity (Wildman–Crippen MR) is 70.1 cm³/mol. The van der Waals surface area contributed by atoms with Crippen LogP contribution >= 0.6 is 0 Å². The van der Waals surface area contributed by atoms with E-state index in [0.29, 0.717) is 29.2 Å². The molecule has 7 heteroatoms. The Balaban J connectivity index is 2.19. The van der Waals surface area contributed by atoms with Crippen LogP contribution in [0, 0.1) is 0 Å². The molecule has 0 fully saturated rings. The molecule has 0 atom stereocenters. The van der Waals surface area contributed by atoms with Gasteiger partial charge >= 0.3 is 5.69 Å². The van der Waals surface area contributed by atoms with Crippen LogP contribution in [-0.2, 0) is 6.42 Å². The normalized spacial score (nSPS) is 12.1. The highest BCUT2D eigenvalue weighted by atomic mass is 16.5. The summed E-state index contributed by atoms with van der Waals surface area (Å²) in [6, 6.07) is 3.40. The van der Waals surface area contributed by atoms with Gasteiger partial charge in [0.05, 0.1) is 19.8 Å². The van der Waals surface area contributed by atoms with Gasteiger partial charge in [-0.1, -0.05) is 0 Å². The van der Waals surface area contributed by atoms with Crippen molar-refractivity contribution in [2.45, 2.75) is 6.42 Å². The number of fused-ring (bicyclic) bond motifs is 2. The molecule has 0 aliphatic carbocycles. The molecule has 1 aliphatic heterocycles. The summed E-state index contributed by atoms with van der Waals surface area (Å²) in [4.78, 5) is 27.7. The third-order valence-electron chi connectivity index (χ3n) is 3.17. The largest absolute Gasteiger partial charge is 0.496 e. The summed E-state index contributed by atoms with van der Waals surface area (Å²) in [5.74, 6) is 1.78. The van der Waals surface area contributed by atoms with Gasteiger partial charge in [0.2, 0.25) is 5.88 Å². The Morgan fingerprint density at radius 2 is 1.90 bits per heavy atom. The molecule has 0 spiro atoms. The molecule has 2 heterocycles. The zero-order chi connectivity index (χ0) is 14.3. The van der Waals surface area contributed by atoms with E-state index in [9.17, 15) is 9.59 Å². The van der Waals surface area contributed by atoms with Crippen molar-refractivity contribution in [1.29, 1.82) is 0 Å². The van der Waals surface area contributed by atoms with Gasteiger partial charge in [-0.2, -0.15) is 0 Å². The van der Waals surface area contributed by atoms with Crippen LogP contribution in [0.4, 0.5) is 0 Å². The number of H-pyrrole nitrogens is 2. The average molecular weight is 276 g/mol. The fourth-order valence-corrected chi connectivity index (χ4v) is 2.19. The van der Waals surface area contributed by atoms with Crippen molar-refractivity contribution in [1.82, 2.24) is 9.97 Å². The minimum atomic E-state index is -0.605. The molecule has 0 bridgehead atoms. The first kappa shape index (κ1) is 12.3. The summed E-state index contributed by atoms with van der Waals surface area (Å²) >= 11 is 0. The van der Waals surface area contributed by atoms with Crippen molar-refractivity contribution < 1.29 is 14.2 Å². The molecular weight excluding hydrogens is 264 g/mol. The zero-order valence-corrected chi connectivity index (χ0v) is 10.9. The second-order valence-corrected chi connectivity index (χ2v) is 4.30. The fraction of sp³-hybridized carbons (Fsp3) is 0.231. The maximum absolute atomic E-state index is 11.8. The minimum absolute atomic E-state index is 0.154. The lowest BCUT2D eigenvalue weighted by Gasteiger charge is -2.21. The van der Waals surface area contributed by atoms with Gasteiger partial charge in [0.25, 0.3) is 5.56 Å². The summed E-state index contributed by atoms with van der Waals surface area (Å²) in [7, 11) is 3.06. The van der Waals surface area contributed by atoms with Crippen molar-refractivity contribution in [3.63, 3.8) is 0 Å². The maximum atomic E-state index is 11.8. The van der Waals surface area contributed by atoms with Gasteiger partial charge in [-0.25, -0.2) is 4.79 Å². The van der Waals surface area contributed by atoms with Crippen molar-refractivity contribution in [3.8, 4) is 23.1 Å². The fourth-order valence-electron chi connectivity index (χ4n) is 2.19. The number of aromatic amines is 2. The molecule has 0 radical (unpaired) electrons. The summed E-state index contributed by atoms with van der Waals surface area (Å²) in [6.07, 6.45) is 0.309. The molecule has 0 unspecified atom stereocenters. The highest BCUT2D eigenvalue weighted by molar-refractivity contribution is 5.56. The van der Waals surface area contributed by atoms with E-state index in [1.54, 1.807) is 12.1 Å². The van der Waals surface area contributed by atoms with Gasteiger partial charge < -0.3 is 14.2 Å². The van der Waals surface area contributed by atoms with Crippen molar-refractivity contribution in [2.24, 2.45) is 0 Å². The van der Waals surface area contributed by atoms with Gasteiger partial charge in [0, 0.05) is 24.1 Å². The molecule has 2 N–H and O–H groups in total. The van der Waals surface area contributed by atoms with Crippen LogP contribution < -0.4 is 25.5 Å². The zero-order valence-electron chi connectivity index (χ0n) is 10.9. The quantitative estimate of drug-likeness (QED) is 0.721. The van der Waals surface area contributed by atoms with Gasteiger partial charge in [0.1, 0.15) is 17.2 Å². The number of benzene rings is 1. The number of nitrogens with one attached hydrogen (secondary N) is 2. The first-order valence-electron chi connectivity index (χ1n) is 5.90. The van der Waals surface area contributed by atoms with Crippen molar-refractivity contribution in [3.05, 3.63) is 44.1 Å². The van der Waals surface area contributed by atoms with Gasteiger partial charge in [0.15, 0.2) is 0 Å². The average Bonchev–Trinajstić information content (AvgIpc) is 2.44. The predicted octanol–water partition coefficient (Wildman–Crippen LogP) is 0.777. The van der Waals surface area contributed by atoms with E-state index < -0.39 is 11.2 Å². The Bertz CT molecular complexity index is 790. The third kappa shape index (κ3) is 1.83. The van der Waals surface area contributed by atoms with Crippen LogP contribution in [0.25, 0.3) is 0 Å². The number of aromatic nitrogens is 2. The number of rotatable bonds is 2. The molecule has 20 heavy (non-hydrogen) atoms. The highest BCUT2D eigenvalue weighted by Gasteiger charge is 2.25. The highest BCUT2D eigenvalue weighted by Crippen LogP contribution is 2.41. The minimum Gasteiger partial charge on any atom is -0.496 e. The van der Waals surface area contributed by atoms with Gasteiger partial charge in [-0.05, 0) is 0 Å². The molecule has 104 valence electrons. The first-order chi connectivity index (χ1) is 9.62. The number of methoxy groups -OCH3 is 2. The Hall–Kier alpha value is -2.70. The summed E-state index contributed by atoms with van der Waals surface area (Å²) in [5, 5.41) is 0. The Morgan fingerprint density at radius 3 is 2.60 bits per heavy atom. The summed E-state index contributed by atoms with van der Waals surface area (Å²) < 4.78 is 16.0. The summed E-state index contributed by atoms with van der Waals surface area (Å²) in [6.45, 7) is 0. The van der Waals surface area contributed by atoms with E-state index in [0.717, 1.165) is 5.56 Å². The lowest BCUT2D eigenvalue weighted by Crippen LogP contribution is -2.28. The molecule has 0 saturated carbocycles. The van der Waals surface area contributed by atoms with Crippen LogP contribution in [0.2, 0.25) is 0 Å². The monoisotopic (exact) mass is 276 g/mol. The number of hydrogen-bond donors (Lipinski definition) is 2. The standard InChI is InChI=1S/C13H12N2O5/c1-18-6-3-9(19-2)7-5-8-11(16)14-13(17)15-12(8)20-10(7)4-6/h3-4H,5H2,1-2H3,(H2,14,15,16,17). The molecule has 3 rings (SSSR count). The topological polar surface area (TPSA) is 93.4 Å². The molecular formula is C13H12N2O5. The third-order valence-corrected chi connectivity index (χ3v) is 3.17. The SMILES string of the molecule is COc1cc(OC)c2c(c1)Oc1[nH]c(=O)[nH]c(=O)c1C2. The molecule has 1 aromatic carbocycles. The van der Waals surface area contributed by atoms with Crippen LogP contribution in [0.1, 0.15) is 11.1 Å². The Kier molecular flexibility index (Phi) is 2.74. The molecule has 2 aromatic rings. The second-order valence-electron chi connectivity index (χ2n) is 4.30. The molecule has 0 amide bonds. The lowest BCUT2D eigenvalue weighted by atomic mass is 10.0. The first-order valence-corrected chi connectivity index (χ1v) is 5.90. The van der Waals surface area contributed by atoms with E-state index >= 15 is 0 Å². The summed E-state index contributed by atoms with van der Waals surface area (Å²) in [5.41, 5.74) is 0.0262. The van der Waals surface area contributed by atoms with Crippen molar-refractivity contribution >= 4 is 0 Å². The molecule has 1 aliphatic rings. The van der Waals surface area contributed by atoms with Crippen LogP contribution in [0.3, 0.4) is 0 Å². The van der Waals surface area contributed by atoms with E-state index in [1.165, 1.54) is 14.2 Å². The number of ether oxygens (including phenoxy) is 3. The molecule has 1 aromatic heterocycles. The molecule has 7 nitrogen and oxygen atoms in total. The van der Waals surface area contributed by atoms with Crippen LogP contribution in [-0.4, -0.2) is 24.2 Å². The van der Waals surface area contributed by atoms with Crippen LogP contribution in [0.5, 0.6) is 23.1 Å². The Morgan fingerprint density at radius 1 is 1.10 bits per heavy atom. The number of hydrogen-bond acceptors (Lipinski definition) is 5. The van der Waals surface area contributed by atoms with Crippen LogP contribution in [0.15, 0.2) is 21.7 Å². The van der Waals surface area contributed by atoms with E-state index in [2.05, 4.69) is 9.97 Å². The molecule has 0 saturated heterocycles. The van der Waals surface area contributed by atoms with E-state index in [-0.39, 0.29) is 5.88 Å². The second kappa shape index (κ2) is 4.44. The van der Waals surface area contributed by atoms with E-state index in [4.69, 9.17) is 14.2 Å². The van der Waals surface area contributed by atoms with Gasteiger partial charge in [-0.15, -0.1) is 0 Å². The lowest BCUT2D eigenvalue weighted by molar-refractivity contribution is 0.374. The smallest absolute Gasteiger partial charge is 0.328 e. The Labute approximate surface area is 113 Å². The van der Waals surface area contributed by atoms with E-state index in [1.807, 2.05) is 0 Å². The maximum Gasteiger partial charge on any atom is 0.328 e. The van der Waals surface area contributed by atoms with Crippen molar-refractivity contribution in [2.75, 3.05) is 14.2 Å².